The molecule has 1 atom stereocenters. The van der Waals surface area contributed by atoms with Gasteiger partial charge in [0.1, 0.15) is 16.9 Å². The van der Waals surface area contributed by atoms with Gasteiger partial charge in [0.2, 0.25) is 5.91 Å². The van der Waals surface area contributed by atoms with Crippen molar-refractivity contribution in [3.8, 4) is 0 Å². The van der Waals surface area contributed by atoms with Crippen molar-refractivity contribution in [2.75, 3.05) is 6.26 Å². The Bertz CT molecular complexity index is 664. The molecular formula is C16H21F2NO3S. The minimum atomic E-state index is -3.57. The van der Waals surface area contributed by atoms with Crippen LogP contribution in [0.25, 0.3) is 0 Å². The van der Waals surface area contributed by atoms with Crippen LogP contribution in [-0.4, -0.2) is 36.8 Å². The average molecular weight is 345 g/mol. The summed E-state index contributed by atoms with van der Waals surface area (Å²) in [7, 11) is -3.57. The maximum atomic E-state index is 13.9. The van der Waals surface area contributed by atoms with Crippen molar-refractivity contribution >= 4 is 15.7 Å². The van der Waals surface area contributed by atoms with Crippen molar-refractivity contribution < 1.29 is 22.0 Å². The molecule has 0 saturated heterocycles. The second kappa shape index (κ2) is 6.95. The predicted octanol–water partition coefficient (Wildman–Crippen LogP) is 2.67. The third kappa shape index (κ3) is 4.07. The molecule has 1 saturated carbocycles. The smallest absolute Gasteiger partial charge is 0.241 e. The van der Waals surface area contributed by atoms with Crippen molar-refractivity contribution in [3.05, 3.63) is 35.4 Å². The SMILES string of the molecule is C[C@@H](C(=O)N(Cc1c(F)cccc1F)C1CCCC1)S(C)(=O)=O. The van der Waals surface area contributed by atoms with Gasteiger partial charge in [-0.1, -0.05) is 18.9 Å². The maximum Gasteiger partial charge on any atom is 0.241 e. The van der Waals surface area contributed by atoms with Crippen LogP contribution in [0.1, 0.15) is 38.2 Å². The molecule has 0 aliphatic heterocycles. The van der Waals surface area contributed by atoms with E-state index in [1.807, 2.05) is 0 Å². The summed E-state index contributed by atoms with van der Waals surface area (Å²) in [6.45, 7) is 1.07. The molecule has 0 heterocycles. The van der Waals surface area contributed by atoms with Gasteiger partial charge in [0.15, 0.2) is 9.84 Å². The first-order valence-electron chi connectivity index (χ1n) is 7.64. The molecule has 0 aromatic heterocycles. The van der Waals surface area contributed by atoms with Crippen LogP contribution in [0, 0.1) is 11.6 Å². The summed E-state index contributed by atoms with van der Waals surface area (Å²) >= 11 is 0. The average Bonchev–Trinajstić information content (AvgIpc) is 2.98. The fourth-order valence-electron chi connectivity index (χ4n) is 2.87. The summed E-state index contributed by atoms with van der Waals surface area (Å²) in [4.78, 5) is 13.9. The number of sulfone groups is 1. The molecule has 7 heteroatoms. The van der Waals surface area contributed by atoms with Crippen LogP contribution in [0.3, 0.4) is 0 Å². The molecule has 0 spiro atoms. The molecule has 1 fully saturated rings. The third-order valence-corrected chi connectivity index (χ3v) is 5.91. The van der Waals surface area contributed by atoms with Gasteiger partial charge in [-0.15, -0.1) is 0 Å². The lowest BCUT2D eigenvalue weighted by molar-refractivity contribution is -0.133. The number of benzene rings is 1. The first-order valence-corrected chi connectivity index (χ1v) is 9.59. The second-order valence-electron chi connectivity index (χ2n) is 6.08. The van der Waals surface area contributed by atoms with E-state index in [2.05, 4.69) is 0 Å². The highest BCUT2D eigenvalue weighted by Crippen LogP contribution is 2.27. The molecule has 128 valence electrons. The lowest BCUT2D eigenvalue weighted by Crippen LogP contribution is -2.45. The number of nitrogens with zero attached hydrogens (tertiary/aromatic N) is 1. The molecule has 1 aliphatic carbocycles. The van der Waals surface area contributed by atoms with E-state index in [1.54, 1.807) is 0 Å². The minimum absolute atomic E-state index is 0.175. The van der Waals surface area contributed by atoms with E-state index < -0.39 is 32.6 Å². The molecule has 1 amide bonds. The molecular weight excluding hydrogens is 324 g/mol. The highest BCUT2D eigenvalue weighted by atomic mass is 32.2. The summed E-state index contributed by atoms with van der Waals surface area (Å²) in [5.74, 6) is -2.05. The van der Waals surface area contributed by atoms with Gasteiger partial charge in [-0.05, 0) is 31.9 Å². The van der Waals surface area contributed by atoms with Crippen LogP contribution in [0.5, 0.6) is 0 Å². The Morgan fingerprint density at radius 2 is 1.78 bits per heavy atom. The molecule has 4 nitrogen and oxygen atoms in total. The molecule has 0 bridgehead atoms. The Labute approximate surface area is 135 Å². The standard InChI is InChI=1S/C16H21F2NO3S/c1-11(23(2,21)22)16(20)19(12-6-3-4-7-12)10-13-14(17)8-5-9-15(13)18/h5,8-9,11-12H,3-4,6-7,10H2,1-2H3/t11-/m0/s1. The lowest BCUT2D eigenvalue weighted by Gasteiger charge is -2.31. The van der Waals surface area contributed by atoms with Crippen LogP contribution in [-0.2, 0) is 21.2 Å². The zero-order valence-corrected chi connectivity index (χ0v) is 14.1. The molecule has 2 rings (SSSR count). The van der Waals surface area contributed by atoms with E-state index >= 15 is 0 Å². The molecule has 0 radical (unpaired) electrons. The van der Waals surface area contributed by atoms with E-state index in [1.165, 1.54) is 17.9 Å². The number of hydrogen-bond donors (Lipinski definition) is 0. The zero-order valence-electron chi connectivity index (χ0n) is 13.3. The summed E-state index contributed by atoms with van der Waals surface area (Å²) in [5.41, 5.74) is -0.201. The van der Waals surface area contributed by atoms with E-state index in [4.69, 9.17) is 0 Å². The third-order valence-electron chi connectivity index (χ3n) is 4.43. The molecule has 1 aliphatic rings. The Hall–Kier alpha value is -1.50. The monoisotopic (exact) mass is 345 g/mol. The summed E-state index contributed by atoms with van der Waals surface area (Å²) in [6, 6.07) is 3.35. The first-order chi connectivity index (χ1) is 10.7. The minimum Gasteiger partial charge on any atom is -0.334 e. The van der Waals surface area contributed by atoms with Crippen LogP contribution in [0.15, 0.2) is 18.2 Å². The lowest BCUT2D eigenvalue weighted by atomic mass is 10.1. The highest BCUT2D eigenvalue weighted by Gasteiger charge is 2.34. The quantitative estimate of drug-likeness (QED) is 0.824. The maximum absolute atomic E-state index is 13.9. The fourth-order valence-corrected chi connectivity index (χ4v) is 3.37. The molecule has 23 heavy (non-hydrogen) atoms. The van der Waals surface area contributed by atoms with Gasteiger partial charge >= 0.3 is 0 Å². The van der Waals surface area contributed by atoms with Crippen molar-refractivity contribution in [2.24, 2.45) is 0 Å². The van der Waals surface area contributed by atoms with Crippen molar-refractivity contribution in [1.82, 2.24) is 4.90 Å². The van der Waals surface area contributed by atoms with Crippen LogP contribution < -0.4 is 0 Å². The van der Waals surface area contributed by atoms with Gasteiger partial charge in [-0.3, -0.25) is 4.79 Å². The van der Waals surface area contributed by atoms with E-state index in [0.29, 0.717) is 0 Å². The Kier molecular flexibility index (Phi) is 5.39. The first kappa shape index (κ1) is 17.8. The molecule has 1 aromatic rings. The van der Waals surface area contributed by atoms with Gasteiger partial charge in [0.05, 0.1) is 6.54 Å². The molecule has 1 aromatic carbocycles. The molecule has 0 unspecified atom stereocenters. The van der Waals surface area contributed by atoms with E-state index in [-0.39, 0.29) is 18.2 Å². The number of carbonyl (C=O) groups is 1. The van der Waals surface area contributed by atoms with Crippen molar-refractivity contribution in [1.29, 1.82) is 0 Å². The topological polar surface area (TPSA) is 54.5 Å². The zero-order chi connectivity index (χ0) is 17.2. The van der Waals surface area contributed by atoms with Crippen LogP contribution in [0.4, 0.5) is 8.78 Å². The fraction of sp³-hybridized carbons (Fsp3) is 0.562. The van der Waals surface area contributed by atoms with Gasteiger partial charge in [0, 0.05) is 17.9 Å². The van der Waals surface area contributed by atoms with Crippen LogP contribution in [0.2, 0.25) is 0 Å². The Morgan fingerprint density at radius 3 is 2.26 bits per heavy atom. The number of halogens is 2. The summed E-state index contributed by atoms with van der Waals surface area (Å²) < 4.78 is 51.2. The number of carbonyl (C=O) groups excluding carboxylic acids is 1. The largest absolute Gasteiger partial charge is 0.334 e. The van der Waals surface area contributed by atoms with Crippen molar-refractivity contribution in [3.63, 3.8) is 0 Å². The van der Waals surface area contributed by atoms with Crippen molar-refractivity contribution in [2.45, 2.75) is 50.4 Å². The highest BCUT2D eigenvalue weighted by molar-refractivity contribution is 7.92. The number of hydrogen-bond acceptors (Lipinski definition) is 3. The number of rotatable bonds is 5. The Balaban J connectivity index is 2.33. The Morgan fingerprint density at radius 1 is 1.26 bits per heavy atom. The van der Waals surface area contributed by atoms with E-state index in [9.17, 15) is 22.0 Å². The normalized spacial score (nSPS) is 17.2. The number of amides is 1. The van der Waals surface area contributed by atoms with Gasteiger partial charge in [-0.25, -0.2) is 17.2 Å². The van der Waals surface area contributed by atoms with Gasteiger partial charge in [-0.2, -0.15) is 0 Å². The van der Waals surface area contributed by atoms with Gasteiger partial charge in [0.25, 0.3) is 0 Å². The van der Waals surface area contributed by atoms with Crippen LogP contribution >= 0.6 is 0 Å². The van der Waals surface area contributed by atoms with Gasteiger partial charge < -0.3 is 4.90 Å². The summed E-state index contributed by atoms with van der Waals surface area (Å²) in [6.07, 6.45) is 4.27. The predicted molar refractivity (Wildman–Crippen MR) is 83.5 cm³/mol. The molecule has 0 N–H and O–H groups in total. The second-order valence-corrected chi connectivity index (χ2v) is 8.44. The van der Waals surface area contributed by atoms with E-state index in [0.717, 1.165) is 44.1 Å². The summed E-state index contributed by atoms with van der Waals surface area (Å²) in [5, 5.41) is -1.22.